The molecule has 1 fully saturated rings. The van der Waals surface area contributed by atoms with Crippen molar-refractivity contribution in [2.24, 2.45) is 11.7 Å². The molecule has 1 aliphatic rings. The predicted octanol–water partition coefficient (Wildman–Crippen LogP) is 2.53. The van der Waals surface area contributed by atoms with E-state index in [-0.39, 0.29) is 29.7 Å². The number of halogens is 3. The van der Waals surface area contributed by atoms with Crippen LogP contribution in [0, 0.1) is 5.92 Å². The summed E-state index contributed by atoms with van der Waals surface area (Å²) in [5.74, 6) is -0.215. The van der Waals surface area contributed by atoms with E-state index in [1.54, 1.807) is 12.1 Å². The molecule has 1 amide bonds. The average Bonchev–Trinajstić information content (AvgIpc) is 3.23. The molecular formula is C21H24F3N3O3S. The van der Waals surface area contributed by atoms with Crippen LogP contribution in [0.1, 0.15) is 23.1 Å². The van der Waals surface area contributed by atoms with Crippen LogP contribution in [0.4, 0.5) is 13.2 Å². The number of nitrogens with two attached hydrogens (primary N) is 1. The Morgan fingerprint density at radius 3 is 2.45 bits per heavy atom. The largest absolute Gasteiger partial charge is 0.416 e. The van der Waals surface area contributed by atoms with Crippen molar-refractivity contribution in [3.05, 3.63) is 65.2 Å². The molecule has 0 unspecified atom stereocenters. The third-order valence-electron chi connectivity index (χ3n) is 5.25. The van der Waals surface area contributed by atoms with Crippen LogP contribution in [0.5, 0.6) is 0 Å². The maximum absolute atomic E-state index is 12.8. The first kappa shape index (κ1) is 23.2. The number of carbonyl (C=O) groups is 1. The summed E-state index contributed by atoms with van der Waals surface area (Å²) < 4.78 is 65.1. The number of nitrogens with zero attached hydrogens (tertiary/aromatic N) is 1. The van der Waals surface area contributed by atoms with E-state index in [2.05, 4.69) is 5.32 Å². The van der Waals surface area contributed by atoms with Crippen LogP contribution in [-0.2, 0) is 34.0 Å². The minimum atomic E-state index is -4.44. The van der Waals surface area contributed by atoms with E-state index in [9.17, 15) is 26.4 Å². The summed E-state index contributed by atoms with van der Waals surface area (Å²) in [6.45, 7) is 1.25. The highest BCUT2D eigenvalue weighted by Crippen LogP contribution is 2.29. The number of hydrogen-bond donors (Lipinski definition) is 2. The maximum Gasteiger partial charge on any atom is 0.416 e. The summed E-state index contributed by atoms with van der Waals surface area (Å²) in [5.41, 5.74) is 5.79. The zero-order valence-electron chi connectivity index (χ0n) is 16.7. The van der Waals surface area contributed by atoms with E-state index < -0.39 is 21.8 Å². The maximum atomic E-state index is 12.8. The first-order valence-electron chi connectivity index (χ1n) is 9.81. The van der Waals surface area contributed by atoms with Crippen molar-refractivity contribution in [3.63, 3.8) is 0 Å². The Kier molecular flexibility index (Phi) is 7.03. The van der Waals surface area contributed by atoms with Gasteiger partial charge in [0.15, 0.2) is 0 Å². The summed E-state index contributed by atoms with van der Waals surface area (Å²) >= 11 is 0. The van der Waals surface area contributed by atoms with Crippen LogP contribution in [0.2, 0.25) is 0 Å². The van der Waals surface area contributed by atoms with E-state index in [1.165, 1.54) is 28.6 Å². The molecule has 0 saturated carbocycles. The highest BCUT2D eigenvalue weighted by Gasteiger charge is 2.32. The van der Waals surface area contributed by atoms with Gasteiger partial charge < -0.3 is 11.1 Å². The number of amides is 1. The Hall–Kier alpha value is -2.43. The standard InChI is InChI=1S/C21H24F3N3O3S/c22-21(23,24)18-3-1-2-16(10-18)13-26-20(28)11-15-4-6-19(7-5-15)31(29,30)27-9-8-17(12-25)14-27/h1-7,10,17H,8-9,11-14,25H2,(H,26,28)/t17-/m1/s1. The fourth-order valence-electron chi connectivity index (χ4n) is 3.44. The lowest BCUT2D eigenvalue weighted by atomic mass is 10.1. The lowest BCUT2D eigenvalue weighted by Crippen LogP contribution is -2.30. The molecule has 1 atom stereocenters. The van der Waals surface area contributed by atoms with Gasteiger partial charge in [-0.1, -0.05) is 24.3 Å². The van der Waals surface area contributed by atoms with Crippen molar-refractivity contribution in [2.75, 3.05) is 19.6 Å². The molecule has 6 nitrogen and oxygen atoms in total. The minimum absolute atomic E-state index is 0.0156. The molecule has 1 saturated heterocycles. The number of carbonyl (C=O) groups excluding carboxylic acids is 1. The highest BCUT2D eigenvalue weighted by atomic mass is 32.2. The number of rotatable bonds is 7. The summed E-state index contributed by atoms with van der Waals surface area (Å²) in [5, 5.41) is 2.58. The topological polar surface area (TPSA) is 92.5 Å². The van der Waals surface area contributed by atoms with E-state index >= 15 is 0 Å². The molecule has 2 aromatic carbocycles. The molecule has 1 aliphatic heterocycles. The highest BCUT2D eigenvalue weighted by molar-refractivity contribution is 7.89. The lowest BCUT2D eigenvalue weighted by Gasteiger charge is -2.16. The van der Waals surface area contributed by atoms with Crippen LogP contribution < -0.4 is 11.1 Å². The number of alkyl halides is 3. The molecule has 1 heterocycles. The second kappa shape index (κ2) is 9.37. The molecule has 0 bridgehead atoms. The fourth-order valence-corrected chi connectivity index (χ4v) is 4.97. The zero-order valence-corrected chi connectivity index (χ0v) is 17.5. The lowest BCUT2D eigenvalue weighted by molar-refractivity contribution is -0.137. The van der Waals surface area contributed by atoms with Crippen LogP contribution in [0.15, 0.2) is 53.4 Å². The first-order chi connectivity index (χ1) is 14.6. The Morgan fingerprint density at radius 1 is 1.13 bits per heavy atom. The average molecular weight is 456 g/mol. The molecule has 168 valence electrons. The van der Waals surface area contributed by atoms with Crippen molar-refractivity contribution in [1.29, 1.82) is 0 Å². The number of benzene rings is 2. The number of sulfonamides is 1. The van der Waals surface area contributed by atoms with Gasteiger partial charge in [-0.2, -0.15) is 17.5 Å². The van der Waals surface area contributed by atoms with Crippen molar-refractivity contribution in [1.82, 2.24) is 9.62 Å². The van der Waals surface area contributed by atoms with Crippen LogP contribution in [0.25, 0.3) is 0 Å². The van der Waals surface area contributed by atoms with Crippen molar-refractivity contribution >= 4 is 15.9 Å². The second-order valence-electron chi connectivity index (χ2n) is 7.55. The van der Waals surface area contributed by atoms with E-state index in [0.717, 1.165) is 18.6 Å². The predicted molar refractivity (Wildman–Crippen MR) is 109 cm³/mol. The Bertz CT molecular complexity index is 1020. The first-order valence-corrected chi connectivity index (χ1v) is 11.3. The molecular weight excluding hydrogens is 431 g/mol. The van der Waals surface area contributed by atoms with Gasteiger partial charge in [-0.3, -0.25) is 4.79 Å². The van der Waals surface area contributed by atoms with Gasteiger partial charge in [0.2, 0.25) is 15.9 Å². The minimum Gasteiger partial charge on any atom is -0.352 e. The third kappa shape index (κ3) is 5.84. The molecule has 31 heavy (non-hydrogen) atoms. The van der Waals surface area contributed by atoms with Gasteiger partial charge in [0.1, 0.15) is 0 Å². The fraction of sp³-hybridized carbons (Fsp3) is 0.381. The molecule has 10 heteroatoms. The molecule has 0 aromatic heterocycles. The Balaban J connectivity index is 1.57. The van der Waals surface area contributed by atoms with Gasteiger partial charge in [0.05, 0.1) is 16.9 Å². The quantitative estimate of drug-likeness (QED) is 0.671. The summed E-state index contributed by atoms with van der Waals surface area (Å²) in [6.07, 6.45) is -3.72. The van der Waals surface area contributed by atoms with Crippen LogP contribution in [0.3, 0.4) is 0 Å². The molecule has 3 rings (SSSR count). The van der Waals surface area contributed by atoms with Gasteiger partial charge in [0, 0.05) is 19.6 Å². The van der Waals surface area contributed by atoms with Gasteiger partial charge in [-0.15, -0.1) is 0 Å². The molecule has 0 aliphatic carbocycles. The van der Waals surface area contributed by atoms with Crippen LogP contribution >= 0.6 is 0 Å². The normalized spacial score (nSPS) is 17.6. The zero-order chi connectivity index (χ0) is 22.6. The monoisotopic (exact) mass is 455 g/mol. The number of hydrogen-bond acceptors (Lipinski definition) is 4. The van der Waals surface area contributed by atoms with E-state index in [4.69, 9.17) is 5.73 Å². The number of nitrogens with one attached hydrogen (secondary N) is 1. The SMILES string of the molecule is NC[C@H]1CCN(S(=O)(=O)c2ccc(CC(=O)NCc3cccc(C(F)(F)F)c3)cc2)C1. The van der Waals surface area contributed by atoms with E-state index in [0.29, 0.717) is 30.8 Å². The second-order valence-corrected chi connectivity index (χ2v) is 9.49. The van der Waals surface area contributed by atoms with Crippen molar-refractivity contribution in [2.45, 2.75) is 30.5 Å². The van der Waals surface area contributed by atoms with Crippen LogP contribution in [-0.4, -0.2) is 38.3 Å². The summed E-state index contributed by atoms with van der Waals surface area (Å²) in [6, 6.07) is 10.8. The van der Waals surface area contributed by atoms with Gasteiger partial charge >= 0.3 is 6.18 Å². The smallest absolute Gasteiger partial charge is 0.352 e. The molecule has 2 aromatic rings. The molecule has 3 N–H and O–H groups in total. The third-order valence-corrected chi connectivity index (χ3v) is 7.13. The summed E-state index contributed by atoms with van der Waals surface area (Å²) in [7, 11) is -3.60. The molecule has 0 spiro atoms. The van der Waals surface area contributed by atoms with Crippen molar-refractivity contribution in [3.8, 4) is 0 Å². The Labute approximate surface area is 179 Å². The van der Waals surface area contributed by atoms with E-state index in [1.807, 2.05) is 0 Å². The van der Waals surface area contributed by atoms with Gasteiger partial charge in [-0.05, 0) is 54.3 Å². The van der Waals surface area contributed by atoms with Gasteiger partial charge in [-0.25, -0.2) is 8.42 Å². The summed E-state index contributed by atoms with van der Waals surface area (Å²) in [4.78, 5) is 12.3. The molecule has 0 radical (unpaired) electrons. The van der Waals surface area contributed by atoms with Gasteiger partial charge in [0.25, 0.3) is 0 Å². The Morgan fingerprint density at radius 2 is 1.84 bits per heavy atom. The van der Waals surface area contributed by atoms with Crippen molar-refractivity contribution < 1.29 is 26.4 Å².